The maximum absolute atomic E-state index is 1.59. The van der Waals surface area contributed by atoms with Crippen molar-refractivity contribution >= 4 is 0 Å². The van der Waals surface area contributed by atoms with Gasteiger partial charge in [0.05, 0.1) is 0 Å². The molecular weight excluding hydrogens is 782 g/mol. The van der Waals surface area contributed by atoms with Crippen LogP contribution in [-0.2, 0) is 0 Å². The predicted molar refractivity (Wildman–Crippen MR) is 28.1 cm³/mol. The minimum atomic E-state index is 0. The Balaban J connectivity index is -0.0000000408. The van der Waals surface area contributed by atoms with Crippen molar-refractivity contribution in [1.29, 1.82) is 0 Å². The van der Waals surface area contributed by atoms with Crippen molar-refractivity contribution in [3.05, 3.63) is 0 Å². The van der Waals surface area contributed by atoms with Crippen molar-refractivity contribution in [2.24, 2.45) is 0 Å². The molecule has 0 spiro atoms. The van der Waals surface area contributed by atoms with E-state index in [0.717, 1.165) is 0 Å². The maximum atomic E-state index is 1.59. The van der Waals surface area contributed by atoms with Crippen LogP contribution in [0, 0.1) is 0 Å². The van der Waals surface area contributed by atoms with E-state index in [1.807, 2.05) is 0 Å². The van der Waals surface area contributed by atoms with Gasteiger partial charge in [0.2, 0.25) is 0 Å². The average Bonchev–Trinajstić information content (AvgIpc) is 1.81. The topological polar surface area (TPSA) is 0 Å². The third kappa shape index (κ3) is 35.2. The summed E-state index contributed by atoms with van der Waals surface area (Å²) in [6.07, 6.45) is 6.16. The Morgan fingerprint density at radius 1 is 0.500 bits per heavy atom. The van der Waals surface area contributed by atoms with Crippen LogP contribution in [0.1, 0.15) is 25.7 Å². The molecule has 0 saturated heterocycles. The normalized spacial score (nSPS) is 6.67. The molecule has 0 saturated carbocycles. The van der Waals surface area contributed by atoms with E-state index in [4.69, 9.17) is 0 Å². The van der Waals surface area contributed by atoms with Gasteiger partial charge in [-0.1, -0.05) is 0 Å². The van der Waals surface area contributed by atoms with E-state index in [-0.39, 0.29) is 49.6 Å². The van der Waals surface area contributed by atoms with Crippen LogP contribution in [0.4, 0.5) is 0 Å². The molecule has 0 rings (SSSR count). The first kappa shape index (κ1) is 30.4. The first-order valence-corrected chi connectivity index (χ1v) is 13.0. The Bertz CT molecular complexity index is 42.5. The molecule has 0 atom stereocenters. The van der Waals surface area contributed by atoms with Crippen LogP contribution in [0.15, 0.2) is 0 Å². The van der Waals surface area contributed by atoms with Crippen LogP contribution < -0.4 is 49.6 Å². The molecule has 0 aromatic heterocycles. The standard InChI is InChI=1S/C6H12.4ClH.2Nh/c1-3-5-6-4-2;;;;;;/h1-6H2;4*1H;;/q;;;;;2*+2/p-4. The third-order valence-electron chi connectivity index (χ3n) is 1.25. The Hall–Kier alpha value is -0.840. The van der Waals surface area contributed by atoms with Crippen LogP contribution >= 0.6 is 0 Å². The molecule has 0 aliphatic carbocycles. The summed E-state index contributed by atoms with van der Waals surface area (Å²) in [6, 6.07) is 0. The van der Waals surface area contributed by atoms with Crippen LogP contribution in [0.5, 0.6) is 0 Å². The zero-order valence-corrected chi connectivity index (χ0v) is 23.6. The van der Waals surface area contributed by atoms with Gasteiger partial charge < -0.3 is 49.6 Å². The van der Waals surface area contributed by atoms with Crippen LogP contribution in [0.3, 0.4) is 0 Å². The summed E-state index contributed by atoms with van der Waals surface area (Å²) in [5.74, 6) is 0. The predicted octanol–water partition coefficient (Wildman–Crippen LogP) is -9.50. The number of unbranched alkanes of at least 4 members (excludes halogenated alkanes) is 3. The Morgan fingerprint density at radius 2 is 0.750 bits per heavy atom. The molecule has 0 aliphatic heterocycles. The first-order chi connectivity index (χ1) is 3.91. The Labute approximate surface area is 89.2 Å². The van der Waals surface area contributed by atoms with E-state index in [2.05, 4.69) is 0 Å². The number of halogens is 4. The first-order valence-electron chi connectivity index (χ1n) is 3.50. The summed E-state index contributed by atoms with van der Waals surface area (Å²) in [5.41, 5.74) is 0. The monoisotopic (exact) mass is 792 g/mol. The molecule has 68 valence electrons. The molecule has 0 heterocycles. The van der Waals surface area contributed by atoms with E-state index in [0.29, 0.717) is 0 Å². The second-order valence-corrected chi connectivity index (χ2v) is 8.83. The quantitative estimate of drug-likeness (QED) is 0.243. The summed E-state index contributed by atoms with van der Waals surface area (Å²) in [4.78, 5) is 0. The van der Waals surface area contributed by atoms with E-state index in [1.54, 1.807) is 26.7 Å². The number of rotatable bonds is 5. The Kier molecular flexibility index (Phi) is 81.0. The van der Waals surface area contributed by atoms with Crippen molar-refractivity contribution in [3.63, 3.8) is 0 Å². The molecule has 0 fully saturated rings. The summed E-state index contributed by atoms with van der Waals surface area (Å²) in [7, 11) is 0. The fourth-order valence-electron chi connectivity index (χ4n) is 0.707. The molecule has 0 aromatic carbocycles. The molecule has 0 unspecified atom stereocenters. The third-order valence-corrected chi connectivity index (χ3v) is 5.99. The molecule has 0 bridgehead atoms. The van der Waals surface area contributed by atoms with Crippen LogP contribution in [-0.4, -0.2) is 0 Å². The SMILES string of the molecule is [Cl-].[Cl-].[Cl-].[Cl-].[Nh+2][CH2]CCCC[CH2][Nh+2]. The second-order valence-electron chi connectivity index (χ2n) is 2.12. The summed E-state index contributed by atoms with van der Waals surface area (Å²) >= 11 is 0. The van der Waals surface area contributed by atoms with Crippen molar-refractivity contribution < 1.29 is 49.6 Å². The zero-order valence-electron chi connectivity index (χ0n) is 7.17. The molecule has 0 N–H and O–H groups in total. The van der Waals surface area contributed by atoms with E-state index in [9.17, 15) is 0 Å². The fraction of sp³-hybridized carbons (Fsp3) is 1.00. The van der Waals surface area contributed by atoms with Gasteiger partial charge >= 0.3 is 39.5 Å². The van der Waals surface area contributed by atoms with Gasteiger partial charge in [-0.05, 0) is 0 Å². The molecule has 0 aromatic rings. The van der Waals surface area contributed by atoms with Crippen LogP contribution in [0.2, 0.25) is 13.8 Å². The van der Waals surface area contributed by atoms with Crippen molar-refractivity contribution in [1.82, 2.24) is 0 Å². The molecule has 6 heteroatoms. The zero-order chi connectivity index (χ0) is 6.24. The molecule has 0 aliphatic rings. The summed E-state index contributed by atoms with van der Waals surface area (Å²) in [5, 5.41) is 0. The van der Waals surface area contributed by atoms with Gasteiger partial charge in [-0.15, -0.1) is 0 Å². The van der Waals surface area contributed by atoms with Gasteiger partial charge in [0.1, 0.15) is 0 Å². The van der Waals surface area contributed by atoms with Gasteiger partial charge in [-0.2, -0.15) is 0 Å². The van der Waals surface area contributed by atoms with Gasteiger partial charge in [0.15, 0.2) is 0 Å². The van der Waals surface area contributed by atoms with Gasteiger partial charge in [0, 0.05) is 0 Å². The Morgan fingerprint density at radius 3 is 0.917 bits per heavy atom. The average molecular weight is 794 g/mol. The molecule has 0 amide bonds. The van der Waals surface area contributed by atoms with E-state index in [1.165, 1.54) is 12.8 Å². The minimum absolute atomic E-state index is 0. The second kappa shape index (κ2) is 32.0. The number of hydrogen-bond donors (Lipinski definition) is 0. The van der Waals surface area contributed by atoms with E-state index >= 15 is 0 Å². The summed E-state index contributed by atoms with van der Waals surface area (Å²) in [6.45, 7) is 3.18. The van der Waals surface area contributed by atoms with Crippen molar-refractivity contribution in [3.8, 4) is 0 Å². The van der Waals surface area contributed by atoms with Crippen LogP contribution in [0.25, 0.3) is 0 Å². The van der Waals surface area contributed by atoms with Gasteiger partial charge in [-0.25, -0.2) is 0 Å². The van der Waals surface area contributed by atoms with Gasteiger partial charge in [0.25, 0.3) is 0 Å². The summed E-state index contributed by atoms with van der Waals surface area (Å²) < 4.78 is 1.98. The van der Waals surface area contributed by atoms with Crippen molar-refractivity contribution in [2.75, 3.05) is 0 Å². The fourth-order valence-corrected chi connectivity index (χ4v) is 4.06. The van der Waals surface area contributed by atoms with Gasteiger partial charge in [-0.3, -0.25) is 0 Å². The molecule has 0 radical (unpaired) electrons. The van der Waals surface area contributed by atoms with Crippen molar-refractivity contribution in [2.45, 2.75) is 39.5 Å². The molecule has 12 heavy (non-hydrogen) atoms. The molecular formula is C6H12Cl4Nh2. The van der Waals surface area contributed by atoms with E-state index < -0.39 is 0 Å². The molecule has 0 nitrogen and oxygen atoms in total. The number of hydrogen-bond acceptors (Lipinski definition) is 0.